The Labute approximate surface area is 188 Å². The van der Waals surface area contributed by atoms with E-state index in [0.29, 0.717) is 36.9 Å². The molecule has 1 N–H and O–H groups in total. The lowest BCUT2D eigenvalue weighted by Gasteiger charge is -2.30. The maximum Gasteiger partial charge on any atom is 0.255 e. The zero-order chi connectivity index (χ0) is 22.7. The number of aromatic nitrogens is 1. The Hall–Kier alpha value is -3.12. The number of pyridine rings is 1. The van der Waals surface area contributed by atoms with E-state index in [9.17, 15) is 9.59 Å². The number of anilines is 2. The number of aryl methyl sites for hydroxylation is 1. The summed E-state index contributed by atoms with van der Waals surface area (Å²) < 4.78 is 7.24. The van der Waals surface area contributed by atoms with Crippen LogP contribution in [0.25, 0.3) is 10.9 Å². The number of amides is 1. The molecule has 2 aromatic carbocycles. The first kappa shape index (κ1) is 22.1. The van der Waals surface area contributed by atoms with Gasteiger partial charge in [0.15, 0.2) is 0 Å². The minimum Gasteiger partial charge on any atom is -0.378 e. The first-order chi connectivity index (χ1) is 15.5. The second-order valence-electron chi connectivity index (χ2n) is 8.33. The van der Waals surface area contributed by atoms with Crippen LogP contribution < -0.4 is 15.8 Å². The summed E-state index contributed by atoms with van der Waals surface area (Å²) in [4.78, 5) is 27.8. The minimum absolute atomic E-state index is 0.0142. The number of carbonyl (C=O) groups is 1. The van der Waals surface area contributed by atoms with Crippen LogP contribution in [0.3, 0.4) is 0 Å². The van der Waals surface area contributed by atoms with Gasteiger partial charge in [0.1, 0.15) is 0 Å². The van der Waals surface area contributed by atoms with Gasteiger partial charge in [0.05, 0.1) is 24.4 Å². The van der Waals surface area contributed by atoms with Gasteiger partial charge in [-0.2, -0.15) is 0 Å². The summed E-state index contributed by atoms with van der Waals surface area (Å²) in [6, 6.07) is 15.3. The van der Waals surface area contributed by atoms with Gasteiger partial charge in [-0.15, -0.1) is 0 Å². The van der Waals surface area contributed by atoms with Crippen molar-refractivity contribution >= 4 is 28.2 Å². The number of hydrogen-bond acceptors (Lipinski definition) is 4. The van der Waals surface area contributed by atoms with E-state index in [2.05, 4.69) is 24.1 Å². The van der Waals surface area contributed by atoms with Crippen molar-refractivity contribution in [1.29, 1.82) is 0 Å². The van der Waals surface area contributed by atoms with Gasteiger partial charge in [-0.05, 0) is 55.2 Å². The summed E-state index contributed by atoms with van der Waals surface area (Å²) in [5, 5.41) is 3.98. The van der Waals surface area contributed by atoms with Crippen LogP contribution in [0.2, 0.25) is 0 Å². The highest BCUT2D eigenvalue weighted by Crippen LogP contribution is 2.29. The first-order valence-corrected chi connectivity index (χ1v) is 11.4. The molecule has 1 unspecified atom stereocenters. The number of nitrogens with zero attached hydrogens (tertiary/aromatic N) is 2. The largest absolute Gasteiger partial charge is 0.378 e. The van der Waals surface area contributed by atoms with E-state index < -0.39 is 0 Å². The van der Waals surface area contributed by atoms with E-state index in [1.54, 1.807) is 10.6 Å². The Kier molecular flexibility index (Phi) is 6.61. The summed E-state index contributed by atoms with van der Waals surface area (Å²) in [5.41, 5.74) is 4.33. The first-order valence-electron chi connectivity index (χ1n) is 11.4. The number of carbonyl (C=O) groups excluding carboxylic acids is 1. The van der Waals surface area contributed by atoms with Crippen molar-refractivity contribution in [3.63, 3.8) is 0 Å². The Balaban J connectivity index is 1.67. The van der Waals surface area contributed by atoms with Gasteiger partial charge in [-0.1, -0.05) is 26.0 Å². The molecule has 1 fully saturated rings. The van der Waals surface area contributed by atoms with Gasteiger partial charge in [-0.3, -0.25) is 9.59 Å². The lowest BCUT2D eigenvalue weighted by Crippen LogP contribution is -2.37. The van der Waals surface area contributed by atoms with Gasteiger partial charge in [0.25, 0.3) is 11.5 Å². The highest BCUT2D eigenvalue weighted by Gasteiger charge is 2.18. The molecule has 6 nitrogen and oxygen atoms in total. The van der Waals surface area contributed by atoms with E-state index >= 15 is 0 Å². The molecule has 0 radical (unpaired) electrons. The van der Waals surface area contributed by atoms with Crippen LogP contribution in [0.15, 0.2) is 53.3 Å². The van der Waals surface area contributed by atoms with Gasteiger partial charge in [-0.25, -0.2) is 0 Å². The molecular weight excluding hydrogens is 402 g/mol. The van der Waals surface area contributed by atoms with Crippen molar-refractivity contribution < 1.29 is 9.53 Å². The predicted molar refractivity (Wildman–Crippen MR) is 130 cm³/mol. The summed E-state index contributed by atoms with van der Waals surface area (Å²) in [5.74, 6) is 0.333. The quantitative estimate of drug-likeness (QED) is 0.616. The van der Waals surface area contributed by atoms with Crippen molar-refractivity contribution in [2.24, 2.45) is 0 Å². The molecular formula is C26H31N3O3. The van der Waals surface area contributed by atoms with Crippen LogP contribution in [-0.2, 0) is 11.3 Å². The maximum atomic E-state index is 12.9. The number of morpholine rings is 1. The lowest BCUT2D eigenvalue weighted by atomic mass is 9.97. The molecule has 4 rings (SSSR count). The molecule has 0 aliphatic carbocycles. The molecule has 1 saturated heterocycles. The number of benzene rings is 2. The number of ether oxygens (including phenoxy) is 1. The van der Waals surface area contributed by atoms with Gasteiger partial charge in [0.2, 0.25) is 0 Å². The zero-order valence-electron chi connectivity index (χ0n) is 19.1. The predicted octanol–water partition coefficient (Wildman–Crippen LogP) is 4.62. The molecule has 2 heterocycles. The van der Waals surface area contributed by atoms with E-state index in [4.69, 9.17) is 4.74 Å². The molecule has 0 spiro atoms. The number of fused-ring (bicyclic) bond motifs is 1. The molecule has 32 heavy (non-hydrogen) atoms. The van der Waals surface area contributed by atoms with Gasteiger partial charge in [0, 0.05) is 42.3 Å². The van der Waals surface area contributed by atoms with E-state index in [0.717, 1.165) is 36.1 Å². The van der Waals surface area contributed by atoms with Crippen LogP contribution in [-0.4, -0.2) is 36.8 Å². The SMILES string of the molecule is CCC(C)c1ccc(C(=O)Nc2ccc3c(c2)c(N2CCOCC2)cc(=O)n3CC)cc1. The summed E-state index contributed by atoms with van der Waals surface area (Å²) in [7, 11) is 0. The van der Waals surface area contributed by atoms with Crippen molar-refractivity contribution in [2.75, 3.05) is 36.5 Å². The normalized spacial score (nSPS) is 15.0. The molecule has 1 atom stereocenters. The Morgan fingerprint density at radius 3 is 2.44 bits per heavy atom. The van der Waals surface area contributed by atoms with E-state index in [1.165, 1.54) is 5.56 Å². The fraction of sp³-hybridized carbons (Fsp3) is 0.385. The van der Waals surface area contributed by atoms with Crippen molar-refractivity contribution in [2.45, 2.75) is 39.7 Å². The highest BCUT2D eigenvalue weighted by atomic mass is 16.5. The molecule has 1 aromatic heterocycles. The Bertz CT molecular complexity index is 1160. The Morgan fingerprint density at radius 2 is 1.78 bits per heavy atom. The second kappa shape index (κ2) is 9.57. The average Bonchev–Trinajstić information content (AvgIpc) is 2.83. The minimum atomic E-state index is -0.142. The molecule has 3 aromatic rings. The van der Waals surface area contributed by atoms with Crippen LogP contribution in [0.4, 0.5) is 11.4 Å². The van der Waals surface area contributed by atoms with E-state index in [1.807, 2.05) is 49.4 Å². The van der Waals surface area contributed by atoms with E-state index in [-0.39, 0.29) is 11.5 Å². The number of hydrogen-bond donors (Lipinski definition) is 1. The molecule has 6 heteroatoms. The van der Waals surface area contributed by atoms with Gasteiger partial charge < -0.3 is 19.5 Å². The van der Waals surface area contributed by atoms with Crippen molar-refractivity contribution in [1.82, 2.24) is 4.57 Å². The van der Waals surface area contributed by atoms with Crippen LogP contribution in [0.1, 0.15) is 49.0 Å². The van der Waals surface area contributed by atoms with Crippen LogP contribution in [0, 0.1) is 0 Å². The molecule has 1 amide bonds. The fourth-order valence-corrected chi connectivity index (χ4v) is 4.24. The summed E-state index contributed by atoms with van der Waals surface area (Å²) >= 11 is 0. The summed E-state index contributed by atoms with van der Waals surface area (Å²) in [6.07, 6.45) is 1.07. The lowest BCUT2D eigenvalue weighted by molar-refractivity contribution is 0.102. The summed E-state index contributed by atoms with van der Waals surface area (Å²) in [6.45, 7) is 9.66. The third-order valence-corrected chi connectivity index (χ3v) is 6.37. The molecule has 1 aliphatic heterocycles. The zero-order valence-corrected chi connectivity index (χ0v) is 19.1. The van der Waals surface area contributed by atoms with Crippen molar-refractivity contribution in [3.05, 3.63) is 70.0 Å². The third-order valence-electron chi connectivity index (χ3n) is 6.37. The highest BCUT2D eigenvalue weighted by molar-refractivity contribution is 6.06. The third kappa shape index (κ3) is 4.41. The number of nitrogens with one attached hydrogen (secondary N) is 1. The van der Waals surface area contributed by atoms with Crippen molar-refractivity contribution in [3.8, 4) is 0 Å². The van der Waals surface area contributed by atoms with Crippen LogP contribution in [0.5, 0.6) is 0 Å². The van der Waals surface area contributed by atoms with Crippen LogP contribution >= 0.6 is 0 Å². The maximum absolute atomic E-state index is 12.9. The smallest absolute Gasteiger partial charge is 0.255 e. The Morgan fingerprint density at radius 1 is 1.06 bits per heavy atom. The molecule has 0 saturated carbocycles. The standard InChI is InChI=1S/C26H31N3O3/c1-4-18(3)19-6-8-20(9-7-19)26(31)27-21-10-11-23-22(16-21)24(17-25(30)29(23)5-2)28-12-14-32-15-13-28/h6-11,16-18H,4-5,12-15H2,1-3H3,(H,27,31). The fourth-order valence-electron chi connectivity index (χ4n) is 4.24. The average molecular weight is 434 g/mol. The molecule has 168 valence electrons. The van der Waals surface area contributed by atoms with Gasteiger partial charge >= 0.3 is 0 Å². The molecule has 1 aliphatic rings. The number of rotatable bonds is 6. The monoisotopic (exact) mass is 433 g/mol. The topological polar surface area (TPSA) is 63.6 Å². The second-order valence-corrected chi connectivity index (χ2v) is 8.33. The molecule has 0 bridgehead atoms.